The fourth-order valence-electron chi connectivity index (χ4n) is 1.69. The number of anilines is 1. The molecule has 20 heavy (non-hydrogen) atoms. The number of rotatable bonds is 7. The maximum absolute atomic E-state index is 13.2. The molecule has 1 amide bonds. The summed E-state index contributed by atoms with van der Waals surface area (Å²) in [6.45, 7) is 5.19. The van der Waals surface area contributed by atoms with Gasteiger partial charge in [-0.1, -0.05) is 13.8 Å². The fraction of sp³-hybridized carbons (Fsp3) is 0.571. The zero-order valence-electron chi connectivity index (χ0n) is 12.4. The lowest BCUT2D eigenvalue weighted by Crippen LogP contribution is -2.35. The van der Waals surface area contributed by atoms with E-state index in [0.717, 1.165) is 12.6 Å². The number of nitrogens with one attached hydrogen (secondary N) is 2. The Morgan fingerprint density at radius 2 is 2.20 bits per heavy atom. The normalized spacial score (nSPS) is 11.2. The SMILES string of the molecule is CNc1ncc(F)cc1C(=O)NCC(C)(C)CCOC. The lowest BCUT2D eigenvalue weighted by atomic mass is 9.89. The van der Waals surface area contributed by atoms with Gasteiger partial charge in [0.05, 0.1) is 11.8 Å². The van der Waals surface area contributed by atoms with Gasteiger partial charge in [-0.15, -0.1) is 0 Å². The van der Waals surface area contributed by atoms with Crippen molar-refractivity contribution in [2.45, 2.75) is 20.3 Å². The van der Waals surface area contributed by atoms with Gasteiger partial charge in [-0.05, 0) is 17.9 Å². The molecule has 1 aromatic rings. The number of halogens is 1. The van der Waals surface area contributed by atoms with Gasteiger partial charge >= 0.3 is 0 Å². The summed E-state index contributed by atoms with van der Waals surface area (Å²) in [5.41, 5.74) is 0.113. The van der Waals surface area contributed by atoms with Crippen molar-refractivity contribution in [1.82, 2.24) is 10.3 Å². The van der Waals surface area contributed by atoms with Crippen LogP contribution in [0.5, 0.6) is 0 Å². The van der Waals surface area contributed by atoms with E-state index >= 15 is 0 Å². The molecule has 1 heterocycles. The maximum atomic E-state index is 13.2. The summed E-state index contributed by atoms with van der Waals surface area (Å²) in [7, 11) is 3.28. The van der Waals surface area contributed by atoms with Gasteiger partial charge in [0.1, 0.15) is 11.6 Å². The smallest absolute Gasteiger partial charge is 0.255 e. The van der Waals surface area contributed by atoms with Gasteiger partial charge in [0.25, 0.3) is 5.91 Å². The highest BCUT2D eigenvalue weighted by molar-refractivity contribution is 5.98. The molecule has 0 spiro atoms. The molecular weight excluding hydrogens is 261 g/mol. The van der Waals surface area contributed by atoms with Crippen molar-refractivity contribution in [1.29, 1.82) is 0 Å². The van der Waals surface area contributed by atoms with Gasteiger partial charge < -0.3 is 15.4 Å². The topological polar surface area (TPSA) is 63.2 Å². The minimum absolute atomic E-state index is 0.0910. The van der Waals surface area contributed by atoms with Crippen molar-refractivity contribution in [3.05, 3.63) is 23.6 Å². The van der Waals surface area contributed by atoms with Crippen molar-refractivity contribution in [2.24, 2.45) is 5.41 Å². The highest BCUT2D eigenvalue weighted by Gasteiger charge is 2.20. The fourth-order valence-corrected chi connectivity index (χ4v) is 1.69. The minimum atomic E-state index is -0.534. The molecular formula is C14H22FN3O2. The zero-order valence-corrected chi connectivity index (χ0v) is 12.4. The second kappa shape index (κ2) is 7.19. The summed E-state index contributed by atoms with van der Waals surface area (Å²) >= 11 is 0. The second-order valence-electron chi connectivity index (χ2n) is 5.39. The van der Waals surface area contributed by atoms with Gasteiger partial charge in [0, 0.05) is 27.3 Å². The second-order valence-corrected chi connectivity index (χ2v) is 5.39. The third kappa shape index (κ3) is 4.77. The van der Waals surface area contributed by atoms with Gasteiger partial charge in [0.15, 0.2) is 0 Å². The van der Waals surface area contributed by atoms with Gasteiger partial charge in [-0.2, -0.15) is 0 Å². The van der Waals surface area contributed by atoms with E-state index in [1.165, 1.54) is 6.07 Å². The molecule has 0 aliphatic carbocycles. The number of carbonyl (C=O) groups excluding carboxylic acids is 1. The molecule has 0 aromatic carbocycles. The first-order chi connectivity index (χ1) is 9.39. The molecule has 5 nitrogen and oxygen atoms in total. The molecule has 0 atom stereocenters. The summed E-state index contributed by atoms with van der Waals surface area (Å²) < 4.78 is 18.2. The van der Waals surface area contributed by atoms with Crippen LogP contribution in [-0.2, 0) is 4.74 Å². The Kier molecular flexibility index (Phi) is 5.88. The molecule has 0 bridgehead atoms. The Balaban J connectivity index is 2.69. The standard InChI is InChI=1S/C14H22FN3O2/c1-14(2,5-6-20-4)9-18-13(19)11-7-10(15)8-17-12(11)16-3/h7-8H,5-6,9H2,1-4H3,(H,16,17)(H,18,19). The van der Waals surface area contributed by atoms with Crippen LogP contribution in [0.15, 0.2) is 12.3 Å². The number of pyridine rings is 1. The number of hydrogen-bond acceptors (Lipinski definition) is 4. The van der Waals surface area contributed by atoms with E-state index in [2.05, 4.69) is 15.6 Å². The van der Waals surface area contributed by atoms with Crippen molar-refractivity contribution in [3.8, 4) is 0 Å². The molecule has 0 saturated heterocycles. The highest BCUT2D eigenvalue weighted by atomic mass is 19.1. The zero-order chi connectivity index (χ0) is 15.2. The van der Waals surface area contributed by atoms with Crippen LogP contribution in [0.25, 0.3) is 0 Å². The maximum Gasteiger partial charge on any atom is 0.255 e. The number of ether oxygens (including phenoxy) is 1. The predicted molar refractivity (Wildman–Crippen MR) is 76.3 cm³/mol. The van der Waals surface area contributed by atoms with E-state index in [1.54, 1.807) is 14.2 Å². The predicted octanol–water partition coefficient (Wildman–Crippen LogP) is 2.05. The van der Waals surface area contributed by atoms with Crippen LogP contribution in [-0.4, -0.2) is 38.2 Å². The highest BCUT2D eigenvalue weighted by Crippen LogP contribution is 2.19. The first-order valence-electron chi connectivity index (χ1n) is 6.50. The first-order valence-corrected chi connectivity index (χ1v) is 6.50. The molecule has 1 rings (SSSR count). The van der Waals surface area contributed by atoms with Crippen LogP contribution in [0.1, 0.15) is 30.6 Å². The van der Waals surface area contributed by atoms with Crippen LogP contribution < -0.4 is 10.6 Å². The number of methoxy groups -OCH3 is 1. The summed E-state index contributed by atoms with van der Waals surface area (Å²) in [5.74, 6) is -0.516. The number of nitrogens with zero attached hydrogens (tertiary/aromatic N) is 1. The Morgan fingerprint density at radius 3 is 2.80 bits per heavy atom. The van der Waals surface area contributed by atoms with Crippen molar-refractivity contribution in [2.75, 3.05) is 32.6 Å². The average Bonchev–Trinajstić information content (AvgIpc) is 2.42. The van der Waals surface area contributed by atoms with Crippen LogP contribution in [0.4, 0.5) is 10.2 Å². The number of amides is 1. The molecule has 0 aliphatic heterocycles. The van der Waals surface area contributed by atoms with E-state index in [1.807, 2.05) is 13.8 Å². The Hall–Kier alpha value is -1.69. The summed E-state index contributed by atoms with van der Waals surface area (Å²) in [6, 6.07) is 1.18. The number of hydrogen-bond donors (Lipinski definition) is 2. The minimum Gasteiger partial charge on any atom is -0.385 e. The molecule has 0 aliphatic rings. The lowest BCUT2D eigenvalue weighted by Gasteiger charge is -2.24. The van der Waals surface area contributed by atoms with Crippen LogP contribution in [0.3, 0.4) is 0 Å². The molecule has 2 N–H and O–H groups in total. The molecule has 0 radical (unpaired) electrons. The summed E-state index contributed by atoms with van der Waals surface area (Å²) in [6.07, 6.45) is 1.90. The molecule has 112 valence electrons. The average molecular weight is 283 g/mol. The van der Waals surface area contributed by atoms with Crippen molar-refractivity contribution >= 4 is 11.7 Å². The Morgan fingerprint density at radius 1 is 1.50 bits per heavy atom. The van der Waals surface area contributed by atoms with Gasteiger partial charge in [0.2, 0.25) is 0 Å². The van der Waals surface area contributed by atoms with Crippen molar-refractivity contribution in [3.63, 3.8) is 0 Å². The van der Waals surface area contributed by atoms with E-state index < -0.39 is 5.82 Å². The van der Waals surface area contributed by atoms with E-state index in [4.69, 9.17) is 4.74 Å². The first kappa shape index (κ1) is 16.4. The Labute approximate surface area is 118 Å². The van der Waals surface area contributed by atoms with E-state index in [-0.39, 0.29) is 16.9 Å². The largest absolute Gasteiger partial charge is 0.385 e. The molecule has 1 aromatic heterocycles. The summed E-state index contributed by atoms with van der Waals surface area (Å²) in [5, 5.41) is 5.59. The molecule has 0 fully saturated rings. The van der Waals surface area contributed by atoms with Gasteiger partial charge in [-0.25, -0.2) is 9.37 Å². The van der Waals surface area contributed by atoms with Gasteiger partial charge in [-0.3, -0.25) is 4.79 Å². The summed E-state index contributed by atoms with van der Waals surface area (Å²) in [4.78, 5) is 16.0. The van der Waals surface area contributed by atoms with E-state index in [9.17, 15) is 9.18 Å². The van der Waals surface area contributed by atoms with Crippen LogP contribution in [0, 0.1) is 11.2 Å². The third-order valence-corrected chi connectivity index (χ3v) is 3.05. The molecule has 0 unspecified atom stereocenters. The molecule has 0 saturated carbocycles. The number of aromatic nitrogens is 1. The quantitative estimate of drug-likeness (QED) is 0.804. The lowest BCUT2D eigenvalue weighted by molar-refractivity contribution is 0.0921. The molecule has 6 heteroatoms. The van der Waals surface area contributed by atoms with Crippen molar-refractivity contribution < 1.29 is 13.9 Å². The van der Waals surface area contributed by atoms with Crippen LogP contribution in [0.2, 0.25) is 0 Å². The third-order valence-electron chi connectivity index (χ3n) is 3.05. The number of carbonyl (C=O) groups is 1. The Bertz CT molecular complexity index is 464. The van der Waals surface area contributed by atoms with E-state index in [0.29, 0.717) is 19.0 Å². The van der Waals surface area contributed by atoms with Crippen LogP contribution >= 0.6 is 0 Å². The monoisotopic (exact) mass is 283 g/mol.